The van der Waals surface area contributed by atoms with Crippen molar-refractivity contribution in [2.24, 2.45) is 0 Å². The third-order valence-corrected chi connectivity index (χ3v) is 7.73. The average Bonchev–Trinajstić information content (AvgIpc) is 3.03. The molecule has 0 spiro atoms. The number of hydrogen-bond donors (Lipinski definition) is 2. The van der Waals surface area contributed by atoms with Gasteiger partial charge in [0.2, 0.25) is 0 Å². The van der Waals surface area contributed by atoms with Gasteiger partial charge in [0.25, 0.3) is 11.8 Å². The van der Waals surface area contributed by atoms with Crippen LogP contribution in [0.1, 0.15) is 45.2 Å². The van der Waals surface area contributed by atoms with Crippen molar-refractivity contribution in [1.82, 2.24) is 4.90 Å². The molecular formula is C36H40N4O3. The van der Waals surface area contributed by atoms with Gasteiger partial charge in [0.05, 0.1) is 13.2 Å². The van der Waals surface area contributed by atoms with Gasteiger partial charge in [-0.15, -0.1) is 0 Å². The summed E-state index contributed by atoms with van der Waals surface area (Å²) in [4.78, 5) is 30.6. The van der Waals surface area contributed by atoms with E-state index in [1.54, 1.807) is 0 Å². The Morgan fingerprint density at radius 3 is 2.00 bits per heavy atom. The lowest BCUT2D eigenvalue weighted by Crippen LogP contribution is -2.36. The summed E-state index contributed by atoms with van der Waals surface area (Å²) in [7, 11) is 2.11. The topological polar surface area (TPSA) is 73.9 Å². The number of nitrogens with zero attached hydrogens (tertiary/aromatic N) is 2. The van der Waals surface area contributed by atoms with Crippen molar-refractivity contribution >= 4 is 28.9 Å². The highest BCUT2D eigenvalue weighted by Gasteiger charge is 2.14. The van der Waals surface area contributed by atoms with Crippen molar-refractivity contribution in [3.63, 3.8) is 0 Å². The van der Waals surface area contributed by atoms with E-state index in [1.165, 1.54) is 5.56 Å². The van der Waals surface area contributed by atoms with Crippen molar-refractivity contribution in [3.05, 3.63) is 113 Å². The van der Waals surface area contributed by atoms with E-state index in [9.17, 15) is 9.59 Å². The smallest absolute Gasteiger partial charge is 0.255 e. The van der Waals surface area contributed by atoms with Gasteiger partial charge in [0, 0.05) is 47.8 Å². The molecule has 2 N–H and O–H groups in total. The van der Waals surface area contributed by atoms with E-state index >= 15 is 0 Å². The predicted molar refractivity (Wildman–Crippen MR) is 175 cm³/mol. The highest BCUT2D eigenvalue weighted by molar-refractivity contribution is 6.06. The van der Waals surface area contributed by atoms with Crippen LogP contribution in [0.2, 0.25) is 0 Å². The summed E-state index contributed by atoms with van der Waals surface area (Å²) in [6, 6.07) is 29.1. The van der Waals surface area contributed by atoms with E-state index in [0.717, 1.165) is 79.6 Å². The fourth-order valence-corrected chi connectivity index (χ4v) is 5.33. The maximum atomic E-state index is 13.1. The van der Waals surface area contributed by atoms with Crippen LogP contribution in [-0.4, -0.2) is 56.6 Å². The van der Waals surface area contributed by atoms with Gasteiger partial charge in [-0.1, -0.05) is 37.3 Å². The molecule has 7 heteroatoms. The Morgan fingerprint density at radius 1 is 0.791 bits per heavy atom. The third-order valence-electron chi connectivity index (χ3n) is 7.73. The van der Waals surface area contributed by atoms with E-state index in [2.05, 4.69) is 46.5 Å². The summed E-state index contributed by atoms with van der Waals surface area (Å²) in [6.45, 7) is 9.33. The Hall–Kier alpha value is -4.46. The first kappa shape index (κ1) is 30.0. The van der Waals surface area contributed by atoms with Crippen LogP contribution in [0.5, 0.6) is 0 Å². The zero-order valence-electron chi connectivity index (χ0n) is 25.2. The molecule has 0 aromatic heterocycles. The second-order valence-corrected chi connectivity index (χ2v) is 11.1. The van der Waals surface area contributed by atoms with Crippen LogP contribution in [0.15, 0.2) is 91.0 Å². The lowest BCUT2D eigenvalue weighted by atomic mass is 9.97. The molecule has 0 aliphatic carbocycles. The maximum Gasteiger partial charge on any atom is 0.255 e. The number of benzene rings is 4. The predicted octanol–water partition coefficient (Wildman–Crippen LogP) is 6.85. The van der Waals surface area contributed by atoms with Gasteiger partial charge in [-0.05, 0) is 110 Å². The van der Waals surface area contributed by atoms with Gasteiger partial charge in [0.15, 0.2) is 0 Å². The molecular weight excluding hydrogens is 536 g/mol. The number of amides is 2. The van der Waals surface area contributed by atoms with E-state index in [-0.39, 0.29) is 11.8 Å². The molecule has 0 unspecified atom stereocenters. The van der Waals surface area contributed by atoms with Crippen molar-refractivity contribution < 1.29 is 14.3 Å². The minimum atomic E-state index is -0.167. The highest BCUT2D eigenvalue weighted by Crippen LogP contribution is 2.26. The minimum Gasteiger partial charge on any atom is -0.378 e. The van der Waals surface area contributed by atoms with E-state index in [0.29, 0.717) is 11.1 Å². The Morgan fingerprint density at radius 2 is 1.37 bits per heavy atom. The molecule has 1 aliphatic rings. The first-order chi connectivity index (χ1) is 20.9. The molecule has 4 aromatic rings. The standard InChI is InChI=1S/C36H40N4O3/c1-4-19-39(3)25-27-6-13-31(14-7-27)37-35(41)29-11-9-28(10-12-29)34-24-30(8-5-26(34)2)36(42)38-32-15-17-33(18-16-32)40-20-22-43-23-21-40/h5-18,24H,4,19-23,25H2,1-3H3,(H,37,41)(H,38,42). The zero-order chi connectivity index (χ0) is 30.2. The molecule has 222 valence electrons. The third kappa shape index (κ3) is 7.89. The van der Waals surface area contributed by atoms with E-state index in [1.807, 2.05) is 85.8 Å². The lowest BCUT2D eigenvalue weighted by Gasteiger charge is -2.28. The van der Waals surface area contributed by atoms with Crippen LogP contribution in [0.25, 0.3) is 11.1 Å². The summed E-state index contributed by atoms with van der Waals surface area (Å²) in [6.07, 6.45) is 1.12. The van der Waals surface area contributed by atoms with Crippen LogP contribution in [0.3, 0.4) is 0 Å². The summed E-state index contributed by atoms with van der Waals surface area (Å²) >= 11 is 0. The normalized spacial score (nSPS) is 13.2. The first-order valence-electron chi connectivity index (χ1n) is 14.9. The Kier molecular flexibility index (Phi) is 9.87. The first-order valence-corrected chi connectivity index (χ1v) is 14.9. The number of carbonyl (C=O) groups is 2. The Labute approximate surface area is 254 Å². The summed E-state index contributed by atoms with van der Waals surface area (Å²) in [5.74, 6) is -0.328. The van der Waals surface area contributed by atoms with E-state index in [4.69, 9.17) is 4.74 Å². The van der Waals surface area contributed by atoms with Crippen LogP contribution in [0.4, 0.5) is 17.1 Å². The molecule has 1 fully saturated rings. The van der Waals surface area contributed by atoms with Gasteiger partial charge in [0.1, 0.15) is 0 Å². The highest BCUT2D eigenvalue weighted by atomic mass is 16.5. The average molecular weight is 577 g/mol. The van der Waals surface area contributed by atoms with Crippen molar-refractivity contribution in [1.29, 1.82) is 0 Å². The van der Waals surface area contributed by atoms with Gasteiger partial charge in [-0.2, -0.15) is 0 Å². The number of hydrogen-bond acceptors (Lipinski definition) is 5. The molecule has 0 radical (unpaired) electrons. The number of ether oxygens (including phenoxy) is 1. The quantitative estimate of drug-likeness (QED) is 0.216. The maximum absolute atomic E-state index is 13.1. The monoisotopic (exact) mass is 576 g/mol. The number of carbonyl (C=O) groups excluding carboxylic acids is 2. The summed E-state index contributed by atoms with van der Waals surface area (Å²) in [5.41, 5.74) is 7.94. The minimum absolute atomic E-state index is 0.160. The summed E-state index contributed by atoms with van der Waals surface area (Å²) < 4.78 is 5.43. The lowest BCUT2D eigenvalue weighted by molar-refractivity contribution is 0.101. The van der Waals surface area contributed by atoms with Crippen molar-refractivity contribution in [3.8, 4) is 11.1 Å². The van der Waals surface area contributed by atoms with E-state index < -0.39 is 0 Å². The molecule has 5 rings (SSSR count). The molecule has 1 saturated heterocycles. The largest absolute Gasteiger partial charge is 0.378 e. The van der Waals surface area contributed by atoms with Crippen molar-refractivity contribution in [2.45, 2.75) is 26.8 Å². The van der Waals surface area contributed by atoms with Crippen molar-refractivity contribution in [2.75, 3.05) is 55.4 Å². The van der Waals surface area contributed by atoms with Crippen LogP contribution in [0, 0.1) is 6.92 Å². The van der Waals surface area contributed by atoms with Gasteiger partial charge in [-0.25, -0.2) is 0 Å². The number of nitrogens with one attached hydrogen (secondary N) is 2. The second-order valence-electron chi connectivity index (χ2n) is 11.1. The fraction of sp³-hybridized carbons (Fsp3) is 0.278. The van der Waals surface area contributed by atoms with Gasteiger partial charge in [-0.3, -0.25) is 9.59 Å². The molecule has 4 aromatic carbocycles. The van der Waals surface area contributed by atoms with Gasteiger partial charge < -0.3 is 25.2 Å². The molecule has 1 heterocycles. The number of anilines is 3. The van der Waals surface area contributed by atoms with Gasteiger partial charge >= 0.3 is 0 Å². The Balaban J connectivity index is 1.21. The molecule has 0 bridgehead atoms. The number of rotatable bonds is 10. The van der Waals surface area contributed by atoms with Crippen LogP contribution in [-0.2, 0) is 11.3 Å². The SMILES string of the molecule is CCCN(C)Cc1ccc(NC(=O)c2ccc(-c3cc(C(=O)Nc4ccc(N5CCOCC5)cc4)ccc3C)cc2)cc1. The molecule has 0 atom stereocenters. The fourth-order valence-electron chi connectivity index (χ4n) is 5.33. The molecule has 1 aliphatic heterocycles. The second kappa shape index (κ2) is 14.1. The number of aryl methyl sites for hydroxylation is 1. The molecule has 0 saturated carbocycles. The summed E-state index contributed by atoms with van der Waals surface area (Å²) in [5, 5.41) is 6.00. The molecule has 43 heavy (non-hydrogen) atoms. The zero-order valence-corrected chi connectivity index (χ0v) is 25.2. The molecule has 2 amide bonds. The Bertz CT molecular complexity index is 1530. The van der Waals surface area contributed by atoms with Crippen LogP contribution < -0.4 is 15.5 Å². The molecule has 7 nitrogen and oxygen atoms in total. The number of morpholine rings is 1. The van der Waals surface area contributed by atoms with Crippen LogP contribution >= 0.6 is 0 Å².